The molecule has 3 aliphatic carbocycles. The van der Waals surface area contributed by atoms with Crippen LogP contribution >= 0.6 is 0 Å². The predicted molar refractivity (Wildman–Crippen MR) is 92.6 cm³/mol. The Labute approximate surface area is 133 Å². The molecule has 0 saturated carbocycles. The molecule has 0 saturated heterocycles. The van der Waals surface area contributed by atoms with Gasteiger partial charge >= 0.3 is 0 Å². The second-order valence-corrected chi connectivity index (χ2v) is 7.14. The second-order valence-electron chi connectivity index (χ2n) is 7.14. The largest absolute Gasteiger partial charge is 0.258 e. The number of hydrogen-bond donors (Lipinski definition) is 0. The highest BCUT2D eigenvalue weighted by Gasteiger charge is 2.29. The molecule has 4 rings (SSSR count). The summed E-state index contributed by atoms with van der Waals surface area (Å²) in [6.07, 6.45) is 12.7. The summed E-state index contributed by atoms with van der Waals surface area (Å²) in [7, 11) is 0. The maximum absolute atomic E-state index is 4.81. The average Bonchev–Trinajstić information content (AvgIpc) is 2.53. The fraction of sp³-hybridized carbons (Fsp3) is 0.476. The summed E-state index contributed by atoms with van der Waals surface area (Å²) < 4.78 is 0. The first-order valence-corrected chi connectivity index (χ1v) is 8.78. The summed E-state index contributed by atoms with van der Waals surface area (Å²) in [6, 6.07) is 4.34. The Balaban J connectivity index is 1.68. The zero-order valence-corrected chi connectivity index (χ0v) is 13.6. The van der Waals surface area contributed by atoms with Gasteiger partial charge in [-0.2, -0.15) is 0 Å². The van der Waals surface area contributed by atoms with Crippen LogP contribution in [0.4, 0.5) is 0 Å². The lowest BCUT2D eigenvalue weighted by molar-refractivity contribution is 0.562. The van der Waals surface area contributed by atoms with Gasteiger partial charge in [0, 0.05) is 11.4 Å². The van der Waals surface area contributed by atoms with Crippen LogP contribution in [-0.4, -0.2) is 4.98 Å². The zero-order chi connectivity index (χ0) is 15.1. The molecule has 3 aliphatic rings. The van der Waals surface area contributed by atoms with Gasteiger partial charge < -0.3 is 0 Å². The van der Waals surface area contributed by atoms with Gasteiger partial charge in [-0.05, 0) is 92.6 Å². The van der Waals surface area contributed by atoms with E-state index in [2.05, 4.69) is 31.7 Å². The van der Waals surface area contributed by atoms with Gasteiger partial charge in [-0.15, -0.1) is 0 Å². The average molecular weight is 291 g/mol. The van der Waals surface area contributed by atoms with Crippen LogP contribution in [0.25, 0.3) is 5.57 Å². The Kier molecular flexibility index (Phi) is 3.52. The van der Waals surface area contributed by atoms with Crippen molar-refractivity contribution < 1.29 is 0 Å². The highest BCUT2D eigenvalue weighted by Crippen LogP contribution is 2.44. The van der Waals surface area contributed by atoms with E-state index < -0.39 is 0 Å². The van der Waals surface area contributed by atoms with E-state index in [1.165, 1.54) is 55.4 Å². The molecule has 0 unspecified atom stereocenters. The Morgan fingerprint density at radius 3 is 2.86 bits per heavy atom. The third-order valence-electron chi connectivity index (χ3n) is 5.61. The van der Waals surface area contributed by atoms with Crippen LogP contribution in [0.15, 0.2) is 41.5 Å². The van der Waals surface area contributed by atoms with E-state index in [1.54, 1.807) is 16.7 Å². The molecular formula is C21H25N. The highest BCUT2D eigenvalue weighted by molar-refractivity contribution is 5.68. The fourth-order valence-corrected chi connectivity index (χ4v) is 4.55. The molecule has 1 atom stereocenters. The standard InChI is InChI=1S/C21H25N/c1-14-12-17(13-21-18(14)11-10-15(2)22-21)20-9-5-7-16-6-3-4-8-19(16)20/h9-11,17H,1,3-8,12-13H2,2H3/t17-/m1/s1. The topological polar surface area (TPSA) is 12.9 Å². The molecule has 0 amide bonds. The lowest BCUT2D eigenvalue weighted by atomic mass is 9.72. The van der Waals surface area contributed by atoms with E-state index in [0.29, 0.717) is 5.92 Å². The number of allylic oxidation sites excluding steroid dienone is 5. The van der Waals surface area contributed by atoms with Crippen molar-refractivity contribution in [2.75, 3.05) is 0 Å². The van der Waals surface area contributed by atoms with Crippen molar-refractivity contribution in [1.82, 2.24) is 4.98 Å². The zero-order valence-electron chi connectivity index (χ0n) is 13.6. The number of pyridine rings is 1. The van der Waals surface area contributed by atoms with Crippen LogP contribution in [0.2, 0.25) is 0 Å². The third kappa shape index (κ3) is 2.37. The quantitative estimate of drug-likeness (QED) is 0.660. The molecule has 0 N–H and O–H groups in total. The molecule has 1 aromatic heterocycles. The van der Waals surface area contributed by atoms with Gasteiger partial charge in [0.1, 0.15) is 0 Å². The fourth-order valence-electron chi connectivity index (χ4n) is 4.55. The number of fused-ring (bicyclic) bond motifs is 1. The number of hydrogen-bond acceptors (Lipinski definition) is 1. The first-order valence-electron chi connectivity index (χ1n) is 8.78. The van der Waals surface area contributed by atoms with Crippen LogP contribution in [0.5, 0.6) is 0 Å². The minimum absolute atomic E-state index is 0.609. The number of rotatable bonds is 1. The lowest BCUT2D eigenvalue weighted by Crippen LogP contribution is -2.21. The maximum atomic E-state index is 4.81. The second kappa shape index (κ2) is 5.53. The van der Waals surface area contributed by atoms with E-state index >= 15 is 0 Å². The van der Waals surface area contributed by atoms with E-state index in [0.717, 1.165) is 18.5 Å². The van der Waals surface area contributed by atoms with Crippen LogP contribution in [0, 0.1) is 12.8 Å². The van der Waals surface area contributed by atoms with Crippen molar-refractivity contribution in [1.29, 1.82) is 0 Å². The molecule has 0 aromatic carbocycles. The summed E-state index contributed by atoms with van der Waals surface area (Å²) >= 11 is 0. The van der Waals surface area contributed by atoms with Gasteiger partial charge in [-0.1, -0.05) is 24.3 Å². The molecule has 1 nitrogen and oxygen atoms in total. The monoisotopic (exact) mass is 291 g/mol. The van der Waals surface area contributed by atoms with Crippen molar-refractivity contribution in [3.05, 3.63) is 58.5 Å². The first-order chi connectivity index (χ1) is 10.7. The normalized spacial score (nSPS) is 24.7. The van der Waals surface area contributed by atoms with Crippen LogP contribution in [-0.2, 0) is 6.42 Å². The van der Waals surface area contributed by atoms with E-state index in [4.69, 9.17) is 4.98 Å². The minimum Gasteiger partial charge on any atom is -0.258 e. The third-order valence-corrected chi connectivity index (χ3v) is 5.61. The molecule has 0 fully saturated rings. The SMILES string of the molecule is C=C1C[C@@H](C2=CCCC3=C2CCCC3)Cc2nc(C)ccc21. The van der Waals surface area contributed by atoms with E-state index in [-0.39, 0.29) is 0 Å². The lowest BCUT2D eigenvalue weighted by Gasteiger charge is -2.34. The molecule has 0 radical (unpaired) electrons. The smallest absolute Gasteiger partial charge is 0.0487 e. The Morgan fingerprint density at radius 1 is 1.09 bits per heavy atom. The molecule has 22 heavy (non-hydrogen) atoms. The van der Waals surface area contributed by atoms with Crippen molar-refractivity contribution in [3.63, 3.8) is 0 Å². The van der Waals surface area contributed by atoms with Gasteiger partial charge in [-0.25, -0.2) is 0 Å². The highest BCUT2D eigenvalue weighted by atomic mass is 14.7. The maximum Gasteiger partial charge on any atom is 0.0487 e. The summed E-state index contributed by atoms with van der Waals surface area (Å²) in [5.74, 6) is 0.609. The number of aryl methyl sites for hydroxylation is 1. The van der Waals surface area contributed by atoms with E-state index in [1.807, 2.05) is 0 Å². The van der Waals surface area contributed by atoms with Crippen LogP contribution in [0.3, 0.4) is 0 Å². The Morgan fingerprint density at radius 2 is 1.95 bits per heavy atom. The Bertz CT molecular complexity index is 690. The predicted octanol–water partition coefficient (Wildman–Crippen LogP) is 5.56. The van der Waals surface area contributed by atoms with Gasteiger partial charge in [0.2, 0.25) is 0 Å². The molecular weight excluding hydrogens is 266 g/mol. The van der Waals surface area contributed by atoms with Gasteiger partial charge in [-0.3, -0.25) is 4.98 Å². The van der Waals surface area contributed by atoms with Crippen LogP contribution < -0.4 is 0 Å². The number of aromatic nitrogens is 1. The van der Waals surface area contributed by atoms with Crippen molar-refractivity contribution in [2.45, 2.75) is 58.3 Å². The van der Waals surface area contributed by atoms with Crippen molar-refractivity contribution in [2.24, 2.45) is 5.92 Å². The molecule has 0 aliphatic heterocycles. The van der Waals surface area contributed by atoms with Gasteiger partial charge in [0.15, 0.2) is 0 Å². The van der Waals surface area contributed by atoms with Crippen molar-refractivity contribution in [3.8, 4) is 0 Å². The molecule has 1 heterocycles. The molecule has 114 valence electrons. The summed E-state index contributed by atoms with van der Waals surface area (Å²) in [4.78, 5) is 4.81. The van der Waals surface area contributed by atoms with E-state index in [9.17, 15) is 0 Å². The molecule has 0 bridgehead atoms. The first kappa shape index (κ1) is 14.0. The molecule has 1 aromatic rings. The van der Waals surface area contributed by atoms with Gasteiger partial charge in [0.25, 0.3) is 0 Å². The molecule has 0 spiro atoms. The minimum atomic E-state index is 0.609. The number of nitrogens with zero attached hydrogens (tertiary/aromatic N) is 1. The van der Waals surface area contributed by atoms with Crippen molar-refractivity contribution >= 4 is 5.57 Å². The molecule has 1 heteroatoms. The van der Waals surface area contributed by atoms with Crippen LogP contribution in [0.1, 0.15) is 61.9 Å². The van der Waals surface area contributed by atoms with Gasteiger partial charge in [0.05, 0.1) is 0 Å². The summed E-state index contributed by atoms with van der Waals surface area (Å²) in [6.45, 7) is 6.44. The summed E-state index contributed by atoms with van der Waals surface area (Å²) in [5, 5.41) is 0. The Hall–Kier alpha value is -1.63. The summed E-state index contributed by atoms with van der Waals surface area (Å²) in [5.41, 5.74) is 10.1.